The minimum atomic E-state index is 0.306. The fourth-order valence-electron chi connectivity index (χ4n) is 1.20. The van der Waals surface area contributed by atoms with Crippen LogP contribution < -0.4 is 0 Å². The highest BCUT2D eigenvalue weighted by Crippen LogP contribution is 2.06. The van der Waals surface area contributed by atoms with Crippen molar-refractivity contribution in [3.05, 3.63) is 0 Å². The molecular weight excluding hydrogens is 162 g/mol. The van der Waals surface area contributed by atoms with Gasteiger partial charge in [-0.2, -0.15) is 0 Å². The SMILES string of the molecule is C#CCN(C)CCCCC(C)CO. The predicted molar refractivity (Wildman–Crippen MR) is 56.4 cm³/mol. The van der Waals surface area contributed by atoms with Gasteiger partial charge >= 0.3 is 0 Å². The van der Waals surface area contributed by atoms with E-state index >= 15 is 0 Å². The maximum atomic E-state index is 8.79. The van der Waals surface area contributed by atoms with Gasteiger partial charge in [-0.25, -0.2) is 0 Å². The summed E-state index contributed by atoms with van der Waals surface area (Å²) in [5, 5.41) is 8.79. The molecule has 0 amide bonds. The third kappa shape index (κ3) is 7.83. The fourth-order valence-corrected chi connectivity index (χ4v) is 1.20. The number of unbranched alkanes of at least 4 members (excludes halogenated alkanes) is 1. The first-order chi connectivity index (χ1) is 6.20. The predicted octanol–water partition coefficient (Wildman–Crippen LogP) is 1.35. The average molecular weight is 183 g/mol. The fraction of sp³-hybridized carbons (Fsp3) is 0.818. The number of aliphatic hydroxyl groups is 1. The smallest absolute Gasteiger partial charge is 0.0596 e. The zero-order chi connectivity index (χ0) is 10.1. The van der Waals surface area contributed by atoms with Gasteiger partial charge in [-0.05, 0) is 32.4 Å². The van der Waals surface area contributed by atoms with E-state index in [0.717, 1.165) is 19.5 Å². The number of aliphatic hydroxyl groups excluding tert-OH is 1. The molecule has 0 bridgehead atoms. The van der Waals surface area contributed by atoms with Crippen molar-refractivity contribution in [1.29, 1.82) is 0 Å². The molecule has 0 saturated carbocycles. The Balaban J connectivity index is 3.21. The highest BCUT2D eigenvalue weighted by molar-refractivity contribution is 4.86. The normalized spacial score (nSPS) is 12.8. The monoisotopic (exact) mass is 183 g/mol. The van der Waals surface area contributed by atoms with Crippen molar-refractivity contribution in [2.75, 3.05) is 26.7 Å². The summed E-state index contributed by atoms with van der Waals surface area (Å²) in [5.74, 6) is 3.06. The molecule has 2 heteroatoms. The summed E-state index contributed by atoms with van der Waals surface area (Å²) in [5.41, 5.74) is 0. The molecule has 0 radical (unpaired) electrons. The summed E-state index contributed by atoms with van der Waals surface area (Å²) in [7, 11) is 2.04. The van der Waals surface area contributed by atoms with Crippen LogP contribution >= 0.6 is 0 Å². The van der Waals surface area contributed by atoms with Crippen molar-refractivity contribution in [1.82, 2.24) is 4.90 Å². The molecule has 0 fully saturated rings. The lowest BCUT2D eigenvalue weighted by atomic mass is 10.1. The van der Waals surface area contributed by atoms with Crippen molar-refractivity contribution >= 4 is 0 Å². The Hall–Kier alpha value is -0.520. The zero-order valence-electron chi connectivity index (χ0n) is 8.79. The Morgan fingerprint density at radius 1 is 1.46 bits per heavy atom. The topological polar surface area (TPSA) is 23.5 Å². The zero-order valence-corrected chi connectivity index (χ0v) is 8.79. The number of nitrogens with zero attached hydrogens (tertiary/aromatic N) is 1. The van der Waals surface area contributed by atoms with E-state index in [1.54, 1.807) is 0 Å². The van der Waals surface area contributed by atoms with E-state index in [0.29, 0.717) is 12.5 Å². The van der Waals surface area contributed by atoms with Crippen LogP contribution in [-0.2, 0) is 0 Å². The van der Waals surface area contributed by atoms with E-state index in [1.165, 1.54) is 12.8 Å². The van der Waals surface area contributed by atoms with E-state index < -0.39 is 0 Å². The molecule has 0 spiro atoms. The van der Waals surface area contributed by atoms with Gasteiger partial charge in [-0.3, -0.25) is 4.90 Å². The minimum Gasteiger partial charge on any atom is -0.396 e. The molecule has 0 aromatic rings. The van der Waals surface area contributed by atoms with Crippen molar-refractivity contribution in [3.63, 3.8) is 0 Å². The Labute approximate surface area is 81.9 Å². The molecule has 0 heterocycles. The maximum Gasteiger partial charge on any atom is 0.0596 e. The number of hydrogen-bond donors (Lipinski definition) is 1. The first-order valence-electron chi connectivity index (χ1n) is 4.93. The van der Waals surface area contributed by atoms with Gasteiger partial charge in [0.25, 0.3) is 0 Å². The largest absolute Gasteiger partial charge is 0.396 e. The summed E-state index contributed by atoms with van der Waals surface area (Å²) in [4.78, 5) is 2.14. The van der Waals surface area contributed by atoms with Crippen LogP contribution in [0.3, 0.4) is 0 Å². The number of terminal acetylenes is 1. The molecule has 0 rings (SSSR count). The lowest BCUT2D eigenvalue weighted by Crippen LogP contribution is -2.19. The second-order valence-electron chi connectivity index (χ2n) is 3.73. The summed E-state index contributed by atoms with van der Waals surface area (Å²) in [6.07, 6.45) is 8.64. The standard InChI is InChI=1S/C11H21NO/c1-4-8-12(3)9-6-5-7-11(2)10-13/h1,11,13H,5-10H2,2-3H3. The van der Waals surface area contributed by atoms with Gasteiger partial charge in [0, 0.05) is 6.61 Å². The number of rotatable bonds is 7. The molecule has 0 aliphatic heterocycles. The van der Waals surface area contributed by atoms with Crippen LogP contribution in [0.5, 0.6) is 0 Å². The molecule has 2 nitrogen and oxygen atoms in total. The summed E-state index contributed by atoms with van der Waals surface area (Å²) < 4.78 is 0. The molecule has 0 aliphatic carbocycles. The minimum absolute atomic E-state index is 0.306. The van der Waals surface area contributed by atoms with Gasteiger partial charge in [0.1, 0.15) is 0 Å². The molecule has 13 heavy (non-hydrogen) atoms. The van der Waals surface area contributed by atoms with Crippen molar-refractivity contribution in [2.45, 2.75) is 26.2 Å². The second kappa shape index (κ2) is 8.10. The van der Waals surface area contributed by atoms with Gasteiger partial charge < -0.3 is 5.11 Å². The Kier molecular flexibility index (Phi) is 7.77. The van der Waals surface area contributed by atoms with Crippen LogP contribution in [0.4, 0.5) is 0 Å². The third-order valence-electron chi connectivity index (χ3n) is 2.16. The molecule has 0 aliphatic rings. The average Bonchev–Trinajstić information content (AvgIpc) is 2.12. The van der Waals surface area contributed by atoms with Crippen LogP contribution in [0.25, 0.3) is 0 Å². The van der Waals surface area contributed by atoms with Gasteiger partial charge in [0.15, 0.2) is 0 Å². The van der Waals surface area contributed by atoms with Gasteiger partial charge in [0.2, 0.25) is 0 Å². The molecule has 0 aromatic carbocycles. The van der Waals surface area contributed by atoms with Crippen LogP contribution in [0.2, 0.25) is 0 Å². The molecule has 1 atom stereocenters. The van der Waals surface area contributed by atoms with Gasteiger partial charge in [-0.15, -0.1) is 6.42 Å². The lowest BCUT2D eigenvalue weighted by molar-refractivity contribution is 0.225. The van der Waals surface area contributed by atoms with Crippen LogP contribution in [0, 0.1) is 18.3 Å². The Morgan fingerprint density at radius 3 is 2.69 bits per heavy atom. The van der Waals surface area contributed by atoms with Gasteiger partial charge in [0.05, 0.1) is 6.54 Å². The third-order valence-corrected chi connectivity index (χ3v) is 2.16. The van der Waals surface area contributed by atoms with Crippen LogP contribution in [-0.4, -0.2) is 36.8 Å². The first-order valence-corrected chi connectivity index (χ1v) is 4.93. The molecule has 0 saturated heterocycles. The van der Waals surface area contributed by atoms with E-state index in [2.05, 4.69) is 17.7 Å². The summed E-state index contributed by atoms with van der Waals surface area (Å²) in [6.45, 7) is 4.17. The molecular formula is C11H21NO. The maximum absolute atomic E-state index is 8.79. The first kappa shape index (κ1) is 12.5. The lowest BCUT2D eigenvalue weighted by Gasteiger charge is -2.13. The van der Waals surface area contributed by atoms with E-state index in [9.17, 15) is 0 Å². The van der Waals surface area contributed by atoms with E-state index in [4.69, 9.17) is 11.5 Å². The Bertz CT molecular complexity index is 151. The van der Waals surface area contributed by atoms with Crippen molar-refractivity contribution in [2.24, 2.45) is 5.92 Å². The second-order valence-corrected chi connectivity index (χ2v) is 3.73. The molecule has 76 valence electrons. The van der Waals surface area contributed by atoms with E-state index in [1.807, 2.05) is 7.05 Å². The van der Waals surface area contributed by atoms with Gasteiger partial charge in [-0.1, -0.05) is 19.3 Å². The van der Waals surface area contributed by atoms with Crippen molar-refractivity contribution in [3.8, 4) is 12.3 Å². The summed E-state index contributed by atoms with van der Waals surface area (Å²) in [6, 6.07) is 0. The van der Waals surface area contributed by atoms with Crippen LogP contribution in [0.15, 0.2) is 0 Å². The highest BCUT2D eigenvalue weighted by atomic mass is 16.3. The number of hydrogen-bond acceptors (Lipinski definition) is 2. The molecule has 1 unspecified atom stereocenters. The molecule has 0 aromatic heterocycles. The quantitative estimate of drug-likeness (QED) is 0.476. The van der Waals surface area contributed by atoms with Crippen LogP contribution in [0.1, 0.15) is 26.2 Å². The molecule has 1 N–H and O–H groups in total. The Morgan fingerprint density at radius 2 is 2.15 bits per heavy atom. The summed E-state index contributed by atoms with van der Waals surface area (Å²) >= 11 is 0. The van der Waals surface area contributed by atoms with Crippen molar-refractivity contribution < 1.29 is 5.11 Å². The van der Waals surface area contributed by atoms with E-state index in [-0.39, 0.29) is 0 Å². The highest BCUT2D eigenvalue weighted by Gasteiger charge is 2.00.